The summed E-state index contributed by atoms with van der Waals surface area (Å²) in [5, 5.41) is 10.5. The monoisotopic (exact) mass is 254 g/mol. The van der Waals surface area contributed by atoms with Crippen molar-refractivity contribution in [2.24, 2.45) is 0 Å². The molecule has 0 aromatic heterocycles. The van der Waals surface area contributed by atoms with Gasteiger partial charge in [0.15, 0.2) is 0 Å². The Kier molecular flexibility index (Phi) is 5.09. The fourth-order valence-corrected chi connectivity index (χ4v) is 2.02. The van der Waals surface area contributed by atoms with E-state index in [1.54, 1.807) is 0 Å². The van der Waals surface area contributed by atoms with Gasteiger partial charge < -0.3 is 0 Å². The summed E-state index contributed by atoms with van der Waals surface area (Å²) in [6.07, 6.45) is 0. The van der Waals surface area contributed by atoms with Gasteiger partial charge in [0.2, 0.25) is 0 Å². The quantitative estimate of drug-likeness (QED) is 0.368. The van der Waals surface area contributed by atoms with E-state index in [9.17, 15) is 18.5 Å². The first kappa shape index (κ1) is 15.5. The molecule has 16 heavy (non-hydrogen) atoms. The Hall–Kier alpha value is -0.470. The van der Waals surface area contributed by atoms with Crippen LogP contribution in [0.4, 0.5) is 5.69 Å². The van der Waals surface area contributed by atoms with Gasteiger partial charge >= 0.3 is 0 Å². The molecule has 0 unspecified atom stereocenters. The van der Waals surface area contributed by atoms with Gasteiger partial charge in [-0.15, -0.1) is 0 Å². The third-order valence-corrected chi connectivity index (χ3v) is 2.96. The first-order valence-corrected chi connectivity index (χ1v) is 5.40. The van der Waals surface area contributed by atoms with E-state index in [0.29, 0.717) is 5.56 Å². The molecule has 1 aromatic rings. The van der Waals surface area contributed by atoms with E-state index in [4.69, 9.17) is 4.55 Å². The summed E-state index contributed by atoms with van der Waals surface area (Å²) < 4.78 is 30.6. The van der Waals surface area contributed by atoms with Crippen LogP contribution in [0.25, 0.3) is 0 Å². The summed E-state index contributed by atoms with van der Waals surface area (Å²) in [7, 11) is -4.41. The van der Waals surface area contributed by atoms with Crippen LogP contribution < -0.4 is 0 Å². The zero-order valence-corrected chi connectivity index (χ0v) is 11.9. The van der Waals surface area contributed by atoms with Gasteiger partial charge in [-0.2, -0.15) is 8.42 Å². The average molecular weight is 254 g/mol. The number of nitrogens with zero attached hydrogens (tertiary/aromatic N) is 1. The molecule has 0 atom stereocenters. The van der Waals surface area contributed by atoms with Crippen molar-refractivity contribution in [2.45, 2.75) is 18.7 Å². The van der Waals surface area contributed by atoms with Gasteiger partial charge in [-0.25, -0.2) is 0 Å². The van der Waals surface area contributed by atoms with Crippen molar-refractivity contribution in [3.8, 4) is 0 Å². The van der Waals surface area contributed by atoms with Crippen LogP contribution in [0.15, 0.2) is 17.0 Å². The molecule has 1 aromatic carbocycles. The second-order valence-electron chi connectivity index (χ2n) is 3.14. The number of aryl methyl sites for hydroxylation is 2. The third kappa shape index (κ3) is 3.26. The summed E-state index contributed by atoms with van der Waals surface area (Å²) in [4.78, 5) is 9.42. The van der Waals surface area contributed by atoms with Crippen LogP contribution in [0.5, 0.6) is 0 Å². The number of nitro groups is 1. The number of hydrogen-bond donors (Lipinski definition) is 1. The molecule has 8 heteroatoms. The van der Waals surface area contributed by atoms with E-state index in [1.165, 1.54) is 19.9 Å². The first-order valence-electron chi connectivity index (χ1n) is 3.96. The van der Waals surface area contributed by atoms with E-state index < -0.39 is 19.9 Å². The van der Waals surface area contributed by atoms with Crippen LogP contribution >= 0.6 is 0 Å². The Morgan fingerprint density at radius 3 is 2.12 bits per heavy atom. The zero-order valence-electron chi connectivity index (χ0n) is 9.09. The smallest absolute Gasteiger partial charge is 0.282 e. The van der Waals surface area contributed by atoms with Crippen molar-refractivity contribution in [1.29, 1.82) is 0 Å². The molecule has 1 radical (unpaired) electrons. The van der Waals surface area contributed by atoms with Crippen LogP contribution in [0.3, 0.4) is 0 Å². The van der Waals surface area contributed by atoms with Crippen molar-refractivity contribution < 1.29 is 17.9 Å². The van der Waals surface area contributed by atoms with E-state index >= 15 is 0 Å². The molecule has 0 saturated heterocycles. The van der Waals surface area contributed by atoms with Gasteiger partial charge in [-0.1, -0.05) is 0 Å². The molecule has 0 saturated carbocycles. The maximum atomic E-state index is 10.9. The van der Waals surface area contributed by atoms with Gasteiger partial charge in [0.05, 0.1) is 4.92 Å². The molecule has 0 fully saturated rings. The van der Waals surface area contributed by atoms with Crippen LogP contribution in [-0.2, 0) is 10.1 Å². The molecule has 0 aliphatic heterocycles. The molecule has 0 bridgehead atoms. The molecule has 0 heterocycles. The fourth-order valence-electron chi connectivity index (χ4n) is 1.30. The minimum Gasteiger partial charge on any atom is -0.282 e. The molecule has 6 nitrogen and oxygen atoms in total. The molecule has 0 aliphatic rings. The maximum absolute atomic E-state index is 10.9. The van der Waals surface area contributed by atoms with Crippen LogP contribution in [0.2, 0.25) is 0 Å². The Balaban J connectivity index is 0.00000225. The standard InChI is InChI=1S/C8H9NO5S.Na/c1-5-3-6(2)8(15(12,13)14)4-7(5)9(10)11;/h3-4H,1-2H3,(H,12,13,14);. The molecular formula is C8H9NNaO5S. The topological polar surface area (TPSA) is 97.5 Å². The van der Waals surface area contributed by atoms with Crippen molar-refractivity contribution >= 4 is 45.4 Å². The number of nitro benzene ring substituents is 1. The van der Waals surface area contributed by atoms with Crippen molar-refractivity contribution in [3.63, 3.8) is 0 Å². The first-order chi connectivity index (χ1) is 6.73. The van der Waals surface area contributed by atoms with Gasteiger partial charge in [0.25, 0.3) is 15.8 Å². The largest absolute Gasteiger partial charge is 0.295 e. The van der Waals surface area contributed by atoms with E-state index in [2.05, 4.69) is 0 Å². The summed E-state index contributed by atoms with van der Waals surface area (Å²) >= 11 is 0. The minimum absolute atomic E-state index is 0. The summed E-state index contributed by atoms with van der Waals surface area (Å²) in [5.41, 5.74) is 0.304. The predicted octanol–water partition coefficient (Wildman–Crippen LogP) is 1.08. The molecule has 1 rings (SSSR count). The maximum Gasteiger partial charge on any atom is 0.295 e. The zero-order chi connectivity index (χ0) is 11.8. The Morgan fingerprint density at radius 1 is 1.25 bits per heavy atom. The fraction of sp³-hybridized carbons (Fsp3) is 0.250. The van der Waals surface area contributed by atoms with Gasteiger partial charge in [-0.05, 0) is 25.5 Å². The van der Waals surface area contributed by atoms with Crippen LogP contribution in [-0.4, -0.2) is 47.5 Å². The van der Waals surface area contributed by atoms with Crippen LogP contribution in [0.1, 0.15) is 11.1 Å². The number of rotatable bonds is 2. The summed E-state index contributed by atoms with van der Waals surface area (Å²) in [5.74, 6) is 0. The molecule has 1 N–H and O–H groups in total. The molecule has 0 spiro atoms. The average Bonchev–Trinajstić information content (AvgIpc) is 2.00. The third-order valence-electron chi connectivity index (χ3n) is 1.97. The Morgan fingerprint density at radius 2 is 1.75 bits per heavy atom. The Labute approximate surface area is 115 Å². The number of hydrogen-bond acceptors (Lipinski definition) is 4. The van der Waals surface area contributed by atoms with Crippen LogP contribution in [0, 0.1) is 24.0 Å². The van der Waals surface area contributed by atoms with E-state index in [-0.39, 0.29) is 40.8 Å². The van der Waals surface area contributed by atoms with Crippen molar-refractivity contribution in [3.05, 3.63) is 33.4 Å². The predicted molar refractivity (Wildman–Crippen MR) is 58.1 cm³/mol. The van der Waals surface area contributed by atoms with Gasteiger partial charge in [0.1, 0.15) is 4.90 Å². The molecule has 0 amide bonds. The summed E-state index contributed by atoms with van der Waals surface area (Å²) in [6.45, 7) is 2.96. The van der Waals surface area contributed by atoms with Crippen molar-refractivity contribution in [2.75, 3.05) is 0 Å². The molecule has 83 valence electrons. The van der Waals surface area contributed by atoms with E-state index in [1.807, 2.05) is 0 Å². The van der Waals surface area contributed by atoms with Crippen molar-refractivity contribution in [1.82, 2.24) is 0 Å². The molecule has 0 aliphatic carbocycles. The van der Waals surface area contributed by atoms with Gasteiger partial charge in [-0.3, -0.25) is 14.7 Å². The SMILES string of the molecule is Cc1cc(C)c(S(=O)(=O)O)cc1[N+](=O)[O-].[Na]. The minimum atomic E-state index is -4.41. The normalized spacial score (nSPS) is 10.7. The molecular weight excluding hydrogens is 245 g/mol. The second-order valence-corrected chi connectivity index (χ2v) is 4.53. The summed E-state index contributed by atoms with van der Waals surface area (Å²) in [6, 6.07) is 2.21. The Bertz CT molecular complexity index is 525. The number of benzene rings is 1. The van der Waals surface area contributed by atoms with E-state index in [0.717, 1.165) is 6.07 Å². The second kappa shape index (κ2) is 5.24. The van der Waals surface area contributed by atoms with Gasteiger partial charge in [0, 0.05) is 41.2 Å².